The highest BCUT2D eigenvalue weighted by Crippen LogP contribution is 2.21. The highest BCUT2D eigenvalue weighted by molar-refractivity contribution is 7.90. The Bertz CT molecular complexity index is 755. The number of hydrogen-bond donors (Lipinski definition) is 2. The summed E-state index contributed by atoms with van der Waals surface area (Å²) in [6, 6.07) is 9.64. The number of carbonyl (C=O) groups is 1. The Morgan fingerprint density at radius 2 is 1.95 bits per heavy atom. The Labute approximate surface area is 122 Å². The van der Waals surface area contributed by atoms with Crippen molar-refractivity contribution in [1.82, 2.24) is 4.98 Å². The van der Waals surface area contributed by atoms with Gasteiger partial charge in [-0.2, -0.15) is 0 Å². The van der Waals surface area contributed by atoms with Gasteiger partial charge < -0.3 is 10.4 Å². The van der Waals surface area contributed by atoms with Crippen LogP contribution in [0, 0.1) is 0 Å². The maximum atomic E-state index is 11.7. The van der Waals surface area contributed by atoms with E-state index in [-0.39, 0.29) is 10.6 Å². The van der Waals surface area contributed by atoms with Gasteiger partial charge in [0, 0.05) is 19.0 Å². The predicted molar refractivity (Wildman–Crippen MR) is 78.1 cm³/mol. The first-order chi connectivity index (χ1) is 9.88. The van der Waals surface area contributed by atoms with Gasteiger partial charge in [-0.25, -0.2) is 18.2 Å². The highest BCUT2D eigenvalue weighted by atomic mass is 32.2. The minimum atomic E-state index is -3.31. The third kappa shape index (κ3) is 3.79. The lowest BCUT2D eigenvalue weighted by Crippen LogP contribution is -2.07. The van der Waals surface area contributed by atoms with Crippen molar-refractivity contribution in [3.63, 3.8) is 0 Å². The van der Waals surface area contributed by atoms with Crippen LogP contribution in [0.4, 0.5) is 5.69 Å². The van der Waals surface area contributed by atoms with Gasteiger partial charge in [0.05, 0.1) is 10.6 Å². The molecule has 1 aromatic carbocycles. The number of para-hydroxylation sites is 1. The lowest BCUT2D eigenvalue weighted by atomic mass is 10.2. The van der Waals surface area contributed by atoms with Gasteiger partial charge in [-0.15, -0.1) is 0 Å². The zero-order valence-electron chi connectivity index (χ0n) is 11.3. The van der Waals surface area contributed by atoms with Crippen LogP contribution in [-0.2, 0) is 16.4 Å². The number of benzene rings is 1. The maximum absolute atomic E-state index is 11.7. The summed E-state index contributed by atoms with van der Waals surface area (Å²) >= 11 is 0. The van der Waals surface area contributed by atoms with Crippen LogP contribution in [0.1, 0.15) is 16.1 Å². The Morgan fingerprint density at radius 3 is 2.52 bits per heavy atom. The van der Waals surface area contributed by atoms with E-state index in [0.717, 1.165) is 11.8 Å². The first-order valence-corrected chi connectivity index (χ1v) is 7.98. The van der Waals surface area contributed by atoms with Crippen molar-refractivity contribution < 1.29 is 18.3 Å². The van der Waals surface area contributed by atoms with E-state index < -0.39 is 15.8 Å². The molecule has 2 aromatic rings. The van der Waals surface area contributed by atoms with Crippen molar-refractivity contribution in [2.24, 2.45) is 0 Å². The molecular weight excluding hydrogens is 292 g/mol. The normalized spacial score (nSPS) is 11.1. The van der Waals surface area contributed by atoms with Crippen LogP contribution < -0.4 is 5.32 Å². The topological polar surface area (TPSA) is 96.4 Å². The smallest absolute Gasteiger partial charge is 0.354 e. The van der Waals surface area contributed by atoms with Crippen molar-refractivity contribution in [2.75, 3.05) is 11.6 Å². The Hall–Kier alpha value is -2.41. The molecule has 2 rings (SSSR count). The summed E-state index contributed by atoms with van der Waals surface area (Å²) in [5.41, 5.74) is 1.22. The second-order valence-electron chi connectivity index (χ2n) is 4.48. The van der Waals surface area contributed by atoms with Gasteiger partial charge in [-0.3, -0.25) is 0 Å². The van der Waals surface area contributed by atoms with Crippen molar-refractivity contribution in [3.05, 3.63) is 53.9 Å². The average molecular weight is 306 g/mol. The maximum Gasteiger partial charge on any atom is 0.354 e. The molecule has 0 spiro atoms. The van der Waals surface area contributed by atoms with Gasteiger partial charge in [0.15, 0.2) is 9.84 Å². The van der Waals surface area contributed by atoms with Gasteiger partial charge in [-0.1, -0.05) is 18.2 Å². The lowest BCUT2D eigenvalue weighted by molar-refractivity contribution is 0.0690. The zero-order chi connectivity index (χ0) is 15.5. The molecule has 0 atom stereocenters. The Morgan fingerprint density at radius 1 is 1.24 bits per heavy atom. The molecule has 0 fully saturated rings. The molecule has 0 radical (unpaired) electrons. The van der Waals surface area contributed by atoms with Crippen molar-refractivity contribution in [2.45, 2.75) is 11.4 Å². The van der Waals surface area contributed by atoms with Crippen LogP contribution in [0.25, 0.3) is 0 Å². The molecule has 0 unspecified atom stereocenters. The van der Waals surface area contributed by atoms with Crippen molar-refractivity contribution in [3.8, 4) is 0 Å². The second-order valence-corrected chi connectivity index (χ2v) is 6.46. The van der Waals surface area contributed by atoms with Gasteiger partial charge in [0.2, 0.25) is 0 Å². The number of pyridine rings is 1. The molecule has 0 bridgehead atoms. The summed E-state index contributed by atoms with van der Waals surface area (Å²) in [4.78, 5) is 14.7. The number of hydrogen-bond acceptors (Lipinski definition) is 5. The van der Waals surface area contributed by atoms with Crippen molar-refractivity contribution in [1.29, 1.82) is 0 Å². The fourth-order valence-corrected chi connectivity index (χ4v) is 2.65. The first kappa shape index (κ1) is 15.0. The SMILES string of the molecule is CS(=O)(=O)c1ccccc1NCc1ccc(C(=O)O)nc1. The first-order valence-electron chi connectivity index (χ1n) is 6.09. The number of carboxylic acids is 1. The van der Waals surface area contributed by atoms with Crippen LogP contribution in [0.5, 0.6) is 0 Å². The second kappa shape index (κ2) is 5.92. The van der Waals surface area contributed by atoms with E-state index in [1.54, 1.807) is 24.3 Å². The number of nitrogens with zero attached hydrogens (tertiary/aromatic N) is 1. The average Bonchev–Trinajstić information content (AvgIpc) is 2.45. The van der Waals surface area contributed by atoms with Gasteiger partial charge >= 0.3 is 5.97 Å². The predicted octanol–water partition coefficient (Wildman–Crippen LogP) is 1.80. The number of nitrogens with one attached hydrogen (secondary N) is 1. The van der Waals surface area contributed by atoms with Crippen LogP contribution >= 0.6 is 0 Å². The van der Waals surface area contributed by atoms with E-state index in [4.69, 9.17) is 5.11 Å². The number of carboxylic acid groups (broad SMARTS) is 1. The molecule has 0 saturated heterocycles. The van der Waals surface area contributed by atoms with E-state index in [2.05, 4.69) is 10.3 Å². The summed E-state index contributed by atoms with van der Waals surface area (Å²) in [6.07, 6.45) is 2.59. The van der Waals surface area contributed by atoms with Gasteiger partial charge in [-0.05, 0) is 23.8 Å². The molecule has 110 valence electrons. The van der Waals surface area contributed by atoms with Crippen molar-refractivity contribution >= 4 is 21.5 Å². The molecule has 1 heterocycles. The summed E-state index contributed by atoms with van der Waals surface area (Å²) in [5, 5.41) is 11.8. The van der Waals surface area contributed by atoms with Crippen LogP contribution in [-0.4, -0.2) is 30.7 Å². The molecule has 21 heavy (non-hydrogen) atoms. The Balaban J connectivity index is 2.15. The third-order valence-electron chi connectivity index (χ3n) is 2.81. The summed E-state index contributed by atoms with van der Waals surface area (Å²) in [6.45, 7) is 0.347. The van der Waals surface area contributed by atoms with E-state index in [1.165, 1.54) is 18.3 Å². The number of anilines is 1. The quantitative estimate of drug-likeness (QED) is 0.874. The van der Waals surface area contributed by atoms with E-state index in [0.29, 0.717) is 12.2 Å². The Kier molecular flexibility index (Phi) is 4.23. The molecule has 0 aliphatic heterocycles. The van der Waals surface area contributed by atoms with Crippen LogP contribution in [0.2, 0.25) is 0 Å². The zero-order valence-corrected chi connectivity index (χ0v) is 12.1. The summed E-state index contributed by atoms with van der Waals surface area (Å²) in [7, 11) is -3.31. The molecule has 0 aliphatic carbocycles. The largest absolute Gasteiger partial charge is 0.477 e. The minimum absolute atomic E-state index is 0.0321. The van der Waals surface area contributed by atoms with E-state index in [9.17, 15) is 13.2 Å². The standard InChI is InChI=1S/C14H14N2O4S/c1-21(19,20)13-5-3-2-4-11(13)15-8-10-6-7-12(14(17)18)16-9-10/h2-7,9,15H,8H2,1H3,(H,17,18). The van der Waals surface area contributed by atoms with Crippen LogP contribution in [0.15, 0.2) is 47.5 Å². The lowest BCUT2D eigenvalue weighted by Gasteiger charge is -2.10. The highest BCUT2D eigenvalue weighted by Gasteiger charge is 2.12. The molecular formula is C14H14N2O4S. The van der Waals surface area contributed by atoms with Crippen LogP contribution in [0.3, 0.4) is 0 Å². The molecule has 0 amide bonds. The summed E-state index contributed by atoms with van der Waals surface area (Å²) in [5.74, 6) is -1.09. The fraction of sp³-hybridized carbons (Fsp3) is 0.143. The minimum Gasteiger partial charge on any atom is -0.477 e. The number of sulfone groups is 1. The van der Waals surface area contributed by atoms with E-state index >= 15 is 0 Å². The third-order valence-corrected chi connectivity index (χ3v) is 3.97. The summed E-state index contributed by atoms with van der Waals surface area (Å²) < 4.78 is 23.3. The molecule has 6 nitrogen and oxygen atoms in total. The van der Waals surface area contributed by atoms with Gasteiger partial charge in [0.1, 0.15) is 5.69 Å². The molecule has 2 N–H and O–H groups in total. The molecule has 0 aliphatic rings. The molecule has 1 aromatic heterocycles. The number of aromatic nitrogens is 1. The molecule has 0 saturated carbocycles. The number of rotatable bonds is 5. The fourth-order valence-electron chi connectivity index (χ4n) is 1.79. The number of aromatic carboxylic acids is 1. The monoisotopic (exact) mass is 306 g/mol. The van der Waals surface area contributed by atoms with Gasteiger partial charge in [0.25, 0.3) is 0 Å². The molecule has 7 heteroatoms. The van der Waals surface area contributed by atoms with E-state index in [1.807, 2.05) is 0 Å².